The topological polar surface area (TPSA) is 85.1 Å². The van der Waals surface area contributed by atoms with Gasteiger partial charge in [0.1, 0.15) is 5.01 Å². The summed E-state index contributed by atoms with van der Waals surface area (Å²) in [7, 11) is 0. The molecule has 1 N–H and O–H groups in total. The molecule has 0 spiro atoms. The number of thiazole rings is 1. The van der Waals surface area contributed by atoms with E-state index in [2.05, 4.69) is 10.3 Å². The molecule has 4 aromatic rings. The van der Waals surface area contributed by atoms with Crippen LogP contribution in [0.5, 0.6) is 0 Å². The number of nitrogens with zero attached hydrogens (tertiary/aromatic N) is 2. The number of thiophene rings is 1. The van der Waals surface area contributed by atoms with Crippen molar-refractivity contribution in [1.29, 1.82) is 0 Å². The molecule has 0 atom stereocenters. The Hall–Kier alpha value is -3.10. The lowest BCUT2D eigenvalue weighted by Gasteiger charge is -2.04. The molecule has 2 aromatic carbocycles. The molecule has 1 amide bonds. The van der Waals surface area contributed by atoms with Gasteiger partial charge in [-0.15, -0.1) is 22.7 Å². The Bertz CT molecular complexity index is 1150. The number of para-hydroxylation sites is 1. The first-order chi connectivity index (χ1) is 13.0. The number of aromatic nitrogens is 1. The number of nitrogens with one attached hydrogen (secondary N) is 1. The van der Waals surface area contributed by atoms with E-state index in [1.165, 1.54) is 17.4 Å². The fourth-order valence-corrected chi connectivity index (χ4v) is 4.55. The van der Waals surface area contributed by atoms with Gasteiger partial charge in [-0.1, -0.05) is 18.2 Å². The molecular formula is C19H13N3O3S2. The highest BCUT2D eigenvalue weighted by Gasteiger charge is 2.16. The summed E-state index contributed by atoms with van der Waals surface area (Å²) in [4.78, 5) is 29.1. The van der Waals surface area contributed by atoms with Crippen molar-refractivity contribution in [3.63, 3.8) is 0 Å². The maximum Gasteiger partial charge on any atom is 0.274 e. The fraction of sp³-hybridized carbons (Fsp3) is 0.0526. The number of amides is 1. The third kappa shape index (κ3) is 3.44. The smallest absolute Gasteiger partial charge is 0.274 e. The molecule has 8 heteroatoms. The third-order valence-corrected chi connectivity index (χ3v) is 6.29. The number of carbonyl (C=O) groups excluding carboxylic acids is 1. The monoisotopic (exact) mass is 395 g/mol. The van der Waals surface area contributed by atoms with Crippen LogP contribution in [0.1, 0.15) is 15.2 Å². The first-order valence-corrected chi connectivity index (χ1v) is 9.67. The SMILES string of the molecule is Cc1ccc(NC(=O)c2ccc(-c3nc4ccccc4s3)s2)cc1[N+](=O)[O-]. The van der Waals surface area contributed by atoms with Crippen molar-refractivity contribution >= 4 is 50.2 Å². The van der Waals surface area contributed by atoms with Crippen molar-refractivity contribution in [3.05, 3.63) is 75.2 Å². The number of nitro groups is 1. The van der Waals surface area contributed by atoms with Crippen molar-refractivity contribution in [2.75, 3.05) is 5.32 Å². The second-order valence-electron chi connectivity index (χ2n) is 5.86. The fourth-order valence-electron chi connectivity index (χ4n) is 2.63. The van der Waals surface area contributed by atoms with Crippen molar-refractivity contribution in [1.82, 2.24) is 4.98 Å². The number of aryl methyl sites for hydroxylation is 1. The molecule has 2 aromatic heterocycles. The quantitative estimate of drug-likeness (QED) is 0.365. The summed E-state index contributed by atoms with van der Waals surface area (Å²) in [5, 5.41) is 14.6. The molecule has 0 aliphatic carbocycles. The lowest BCUT2D eigenvalue weighted by Crippen LogP contribution is -2.10. The molecule has 0 aliphatic rings. The largest absolute Gasteiger partial charge is 0.321 e. The molecule has 4 rings (SSSR count). The van der Waals surface area contributed by atoms with E-state index in [1.54, 1.807) is 36.5 Å². The first-order valence-electron chi connectivity index (χ1n) is 8.03. The van der Waals surface area contributed by atoms with Crippen LogP contribution in [-0.2, 0) is 0 Å². The highest BCUT2D eigenvalue weighted by atomic mass is 32.1. The number of carbonyl (C=O) groups is 1. The van der Waals surface area contributed by atoms with Crippen molar-refractivity contribution in [3.8, 4) is 9.88 Å². The molecule has 0 saturated heterocycles. The maximum absolute atomic E-state index is 12.5. The average molecular weight is 395 g/mol. The van der Waals surface area contributed by atoms with E-state index in [0.29, 0.717) is 16.1 Å². The second-order valence-corrected chi connectivity index (χ2v) is 7.98. The second kappa shape index (κ2) is 6.90. The molecule has 0 aliphatic heterocycles. The number of rotatable bonds is 4. The predicted molar refractivity (Wildman–Crippen MR) is 109 cm³/mol. The van der Waals surface area contributed by atoms with Gasteiger partial charge in [0, 0.05) is 17.3 Å². The highest BCUT2D eigenvalue weighted by molar-refractivity contribution is 7.26. The zero-order valence-corrected chi connectivity index (χ0v) is 15.8. The normalized spacial score (nSPS) is 10.9. The standard InChI is InChI=1S/C19H13N3O3S2/c1-11-6-7-12(10-14(11)22(24)25)20-18(23)16-8-9-17(26-16)19-21-13-4-2-3-5-15(13)27-19/h2-10H,1H3,(H,20,23). The van der Waals surface area contributed by atoms with Gasteiger partial charge in [-0.3, -0.25) is 14.9 Å². The number of hydrogen-bond acceptors (Lipinski definition) is 6. The Morgan fingerprint density at radius 1 is 1.11 bits per heavy atom. The lowest BCUT2D eigenvalue weighted by molar-refractivity contribution is -0.385. The van der Waals surface area contributed by atoms with Crippen molar-refractivity contribution in [2.24, 2.45) is 0 Å². The molecule has 0 radical (unpaired) electrons. The van der Waals surface area contributed by atoms with E-state index in [4.69, 9.17) is 0 Å². The van der Waals surface area contributed by atoms with Gasteiger partial charge in [-0.05, 0) is 37.3 Å². The van der Waals surface area contributed by atoms with E-state index in [-0.39, 0.29) is 11.6 Å². The zero-order valence-electron chi connectivity index (χ0n) is 14.1. The van der Waals surface area contributed by atoms with Crippen LogP contribution in [0.4, 0.5) is 11.4 Å². The van der Waals surface area contributed by atoms with Crippen LogP contribution >= 0.6 is 22.7 Å². The first kappa shape index (κ1) is 17.3. The van der Waals surface area contributed by atoms with E-state index in [0.717, 1.165) is 20.1 Å². The van der Waals surface area contributed by atoms with Crippen LogP contribution in [0.25, 0.3) is 20.1 Å². The summed E-state index contributed by atoms with van der Waals surface area (Å²) in [6.45, 7) is 1.66. The summed E-state index contributed by atoms with van der Waals surface area (Å²) >= 11 is 2.92. The maximum atomic E-state index is 12.5. The number of anilines is 1. The van der Waals surface area contributed by atoms with Gasteiger partial charge < -0.3 is 5.32 Å². The van der Waals surface area contributed by atoms with Crippen LogP contribution in [0, 0.1) is 17.0 Å². The van der Waals surface area contributed by atoms with Crippen molar-refractivity contribution < 1.29 is 9.72 Å². The zero-order chi connectivity index (χ0) is 19.0. The van der Waals surface area contributed by atoms with Gasteiger partial charge in [0.25, 0.3) is 11.6 Å². The Balaban J connectivity index is 1.57. The summed E-state index contributed by atoms with van der Waals surface area (Å²) < 4.78 is 1.10. The molecular weight excluding hydrogens is 382 g/mol. The predicted octanol–water partition coefficient (Wildman–Crippen LogP) is 5.49. The Labute approximate surface area is 162 Å². The lowest BCUT2D eigenvalue weighted by atomic mass is 10.2. The molecule has 0 unspecified atom stereocenters. The van der Waals surface area contributed by atoms with Crippen molar-refractivity contribution in [2.45, 2.75) is 6.92 Å². The highest BCUT2D eigenvalue weighted by Crippen LogP contribution is 2.34. The van der Waals surface area contributed by atoms with Crippen LogP contribution in [-0.4, -0.2) is 15.8 Å². The molecule has 6 nitrogen and oxygen atoms in total. The van der Waals surface area contributed by atoms with Gasteiger partial charge in [-0.25, -0.2) is 4.98 Å². The summed E-state index contributed by atoms with van der Waals surface area (Å²) in [6, 6.07) is 16.1. The Kier molecular flexibility index (Phi) is 4.43. The average Bonchev–Trinajstić information content (AvgIpc) is 3.29. The summed E-state index contributed by atoms with van der Waals surface area (Å²) in [6.07, 6.45) is 0. The van der Waals surface area contributed by atoms with Gasteiger partial charge in [0.15, 0.2) is 0 Å². The molecule has 2 heterocycles. The molecule has 0 bridgehead atoms. The van der Waals surface area contributed by atoms with E-state index in [1.807, 2.05) is 30.3 Å². The number of hydrogen-bond donors (Lipinski definition) is 1. The molecule has 27 heavy (non-hydrogen) atoms. The van der Waals surface area contributed by atoms with Crippen LogP contribution in [0.15, 0.2) is 54.6 Å². The van der Waals surface area contributed by atoms with E-state index in [9.17, 15) is 14.9 Å². The molecule has 0 fully saturated rings. The van der Waals surface area contributed by atoms with Gasteiger partial charge in [0.2, 0.25) is 0 Å². The van der Waals surface area contributed by atoms with E-state index >= 15 is 0 Å². The molecule has 0 saturated carbocycles. The van der Waals surface area contributed by atoms with Gasteiger partial charge in [0.05, 0.1) is 24.9 Å². The van der Waals surface area contributed by atoms with Gasteiger partial charge >= 0.3 is 0 Å². The minimum Gasteiger partial charge on any atom is -0.321 e. The minimum atomic E-state index is -0.457. The Morgan fingerprint density at radius 2 is 1.93 bits per heavy atom. The third-order valence-electron chi connectivity index (χ3n) is 4.00. The molecule has 134 valence electrons. The summed E-state index contributed by atoms with van der Waals surface area (Å²) in [5.74, 6) is -0.300. The van der Waals surface area contributed by atoms with Gasteiger partial charge in [-0.2, -0.15) is 0 Å². The van der Waals surface area contributed by atoms with Crippen LogP contribution < -0.4 is 5.32 Å². The Morgan fingerprint density at radius 3 is 2.70 bits per heavy atom. The number of fused-ring (bicyclic) bond motifs is 1. The number of nitro benzene ring substituents is 1. The summed E-state index contributed by atoms with van der Waals surface area (Å²) in [5.41, 5.74) is 1.86. The van der Waals surface area contributed by atoms with E-state index < -0.39 is 4.92 Å². The van der Waals surface area contributed by atoms with Crippen LogP contribution in [0.2, 0.25) is 0 Å². The van der Waals surface area contributed by atoms with Crippen LogP contribution in [0.3, 0.4) is 0 Å². The minimum absolute atomic E-state index is 0.0193. The number of benzene rings is 2.